The molecule has 0 aromatic carbocycles. The maximum absolute atomic E-state index is 12.5. The minimum atomic E-state index is -0.217. The summed E-state index contributed by atoms with van der Waals surface area (Å²) in [5, 5.41) is 5.24. The van der Waals surface area contributed by atoms with Crippen LogP contribution in [-0.2, 0) is 22.6 Å². The molecule has 0 N–H and O–H groups in total. The van der Waals surface area contributed by atoms with Gasteiger partial charge in [-0.3, -0.25) is 9.69 Å². The Morgan fingerprint density at radius 3 is 2.77 bits per heavy atom. The number of aryl methyl sites for hydroxylation is 1. The summed E-state index contributed by atoms with van der Waals surface area (Å²) >= 11 is 3.45. The number of hydrogen-bond donors (Lipinski definition) is 0. The maximum atomic E-state index is 12.5. The number of morpholine rings is 1. The number of hydrogen-bond acceptors (Lipinski definition) is 6. The second-order valence-electron chi connectivity index (χ2n) is 7.26. The minimum absolute atomic E-state index is 0.0784. The first kappa shape index (κ1) is 18.1. The molecule has 1 atom stereocenters. The molecule has 2 saturated heterocycles. The van der Waals surface area contributed by atoms with Crippen molar-refractivity contribution in [2.24, 2.45) is 0 Å². The van der Waals surface area contributed by atoms with Gasteiger partial charge in [-0.05, 0) is 38.1 Å². The van der Waals surface area contributed by atoms with Gasteiger partial charge in [0.2, 0.25) is 5.91 Å². The van der Waals surface area contributed by atoms with Crippen LogP contribution in [0, 0.1) is 6.92 Å². The fourth-order valence-corrected chi connectivity index (χ4v) is 5.41. The molecule has 2 aliphatic heterocycles. The first-order valence-corrected chi connectivity index (χ1v) is 10.9. The van der Waals surface area contributed by atoms with Gasteiger partial charge in [-0.2, -0.15) is 0 Å². The third-order valence-electron chi connectivity index (χ3n) is 5.69. The number of ether oxygens (including phenoxy) is 1. The van der Waals surface area contributed by atoms with Gasteiger partial charge in [0.1, 0.15) is 6.61 Å². The lowest BCUT2D eigenvalue weighted by Crippen LogP contribution is -2.63. The fraction of sp³-hybridized carbons (Fsp3) is 0.579. The summed E-state index contributed by atoms with van der Waals surface area (Å²) in [5.74, 6) is 0.0785. The SMILES string of the molecule is Cc1nc(CN2C(=O)COC3(CCN(Cc4cccs4)CC3)[C@H]2C)cs1. The van der Waals surface area contributed by atoms with Gasteiger partial charge in [0, 0.05) is 29.9 Å². The number of aromatic nitrogens is 1. The lowest BCUT2D eigenvalue weighted by atomic mass is 9.82. The summed E-state index contributed by atoms with van der Waals surface area (Å²) in [6.07, 6.45) is 1.94. The standard InChI is InChI=1S/C19H25N3O2S2/c1-14-19(5-7-21(8-6-19)11-17-4-3-9-25-17)24-12-18(23)22(14)10-16-13-26-15(2)20-16/h3-4,9,13-14H,5-8,10-12H2,1-2H3/t14-/m1/s1. The first-order valence-electron chi connectivity index (χ1n) is 9.15. The Kier molecular flexibility index (Phi) is 5.14. The number of carbonyl (C=O) groups excluding carboxylic acids is 1. The molecule has 2 aromatic heterocycles. The molecule has 0 bridgehead atoms. The van der Waals surface area contributed by atoms with E-state index in [4.69, 9.17) is 4.74 Å². The number of rotatable bonds is 4. The second kappa shape index (κ2) is 7.38. The van der Waals surface area contributed by atoms with Crippen molar-refractivity contribution in [1.29, 1.82) is 0 Å². The number of likely N-dealkylation sites (tertiary alicyclic amines) is 1. The van der Waals surface area contributed by atoms with Crippen molar-refractivity contribution in [3.05, 3.63) is 38.5 Å². The molecule has 2 aromatic rings. The van der Waals surface area contributed by atoms with E-state index in [0.717, 1.165) is 43.2 Å². The maximum Gasteiger partial charge on any atom is 0.249 e. The van der Waals surface area contributed by atoms with Gasteiger partial charge in [0.05, 0.1) is 28.9 Å². The van der Waals surface area contributed by atoms with E-state index >= 15 is 0 Å². The number of nitrogens with zero attached hydrogens (tertiary/aromatic N) is 3. The number of piperidine rings is 1. The molecule has 1 amide bonds. The molecule has 0 saturated carbocycles. The lowest BCUT2D eigenvalue weighted by molar-refractivity contribution is -0.188. The summed E-state index contributed by atoms with van der Waals surface area (Å²) < 4.78 is 6.15. The zero-order chi connectivity index (χ0) is 18.1. The Morgan fingerprint density at radius 1 is 1.31 bits per heavy atom. The topological polar surface area (TPSA) is 45.7 Å². The third kappa shape index (κ3) is 3.58. The van der Waals surface area contributed by atoms with Crippen LogP contribution in [0.1, 0.15) is 35.3 Å². The Labute approximate surface area is 162 Å². The minimum Gasteiger partial charge on any atom is -0.363 e. The van der Waals surface area contributed by atoms with E-state index in [1.807, 2.05) is 23.2 Å². The molecule has 0 aliphatic carbocycles. The lowest BCUT2D eigenvalue weighted by Gasteiger charge is -2.51. The second-order valence-corrected chi connectivity index (χ2v) is 9.36. The number of thiophene rings is 1. The van der Waals surface area contributed by atoms with E-state index in [1.54, 1.807) is 11.3 Å². The number of thiazole rings is 1. The van der Waals surface area contributed by atoms with E-state index in [0.29, 0.717) is 6.54 Å². The van der Waals surface area contributed by atoms with Gasteiger partial charge < -0.3 is 9.64 Å². The molecule has 140 valence electrons. The van der Waals surface area contributed by atoms with E-state index in [9.17, 15) is 4.79 Å². The van der Waals surface area contributed by atoms with E-state index in [1.165, 1.54) is 4.88 Å². The van der Waals surface area contributed by atoms with Crippen LogP contribution >= 0.6 is 22.7 Å². The molecule has 4 heterocycles. The highest BCUT2D eigenvalue weighted by molar-refractivity contribution is 7.10. The molecule has 2 fully saturated rings. The molecule has 4 rings (SSSR count). The Bertz CT molecular complexity index is 751. The predicted molar refractivity (Wildman–Crippen MR) is 104 cm³/mol. The largest absolute Gasteiger partial charge is 0.363 e. The van der Waals surface area contributed by atoms with Crippen molar-refractivity contribution in [1.82, 2.24) is 14.8 Å². The molecule has 7 heteroatoms. The van der Waals surface area contributed by atoms with Crippen LogP contribution in [0.25, 0.3) is 0 Å². The van der Waals surface area contributed by atoms with Crippen molar-refractivity contribution in [2.75, 3.05) is 19.7 Å². The van der Waals surface area contributed by atoms with Crippen molar-refractivity contribution in [3.63, 3.8) is 0 Å². The molecule has 26 heavy (non-hydrogen) atoms. The van der Waals surface area contributed by atoms with Gasteiger partial charge in [-0.15, -0.1) is 22.7 Å². The van der Waals surface area contributed by atoms with Crippen LogP contribution in [0.15, 0.2) is 22.9 Å². The normalized spacial score (nSPS) is 23.7. The van der Waals surface area contributed by atoms with Crippen molar-refractivity contribution in [3.8, 4) is 0 Å². The van der Waals surface area contributed by atoms with E-state index in [-0.39, 0.29) is 24.2 Å². The van der Waals surface area contributed by atoms with Gasteiger partial charge in [0.25, 0.3) is 0 Å². The smallest absolute Gasteiger partial charge is 0.249 e. The van der Waals surface area contributed by atoms with Crippen LogP contribution in [0.2, 0.25) is 0 Å². The monoisotopic (exact) mass is 391 g/mol. The summed E-state index contributed by atoms with van der Waals surface area (Å²) in [6, 6.07) is 4.39. The van der Waals surface area contributed by atoms with Gasteiger partial charge >= 0.3 is 0 Å². The molecule has 0 unspecified atom stereocenters. The van der Waals surface area contributed by atoms with Gasteiger partial charge in [-0.25, -0.2) is 4.98 Å². The fourth-order valence-electron chi connectivity index (χ4n) is 4.06. The van der Waals surface area contributed by atoms with Crippen molar-refractivity contribution < 1.29 is 9.53 Å². The highest BCUT2D eigenvalue weighted by Gasteiger charge is 2.47. The average molecular weight is 392 g/mol. The highest BCUT2D eigenvalue weighted by Crippen LogP contribution is 2.36. The van der Waals surface area contributed by atoms with Crippen molar-refractivity contribution in [2.45, 2.75) is 51.4 Å². The van der Waals surface area contributed by atoms with E-state index < -0.39 is 0 Å². The Hall–Kier alpha value is -1.28. The van der Waals surface area contributed by atoms with Gasteiger partial charge in [0.15, 0.2) is 0 Å². The molecule has 5 nitrogen and oxygen atoms in total. The van der Waals surface area contributed by atoms with Crippen LogP contribution in [-0.4, -0.2) is 52.0 Å². The zero-order valence-corrected chi connectivity index (χ0v) is 16.9. The average Bonchev–Trinajstić information content (AvgIpc) is 3.29. The summed E-state index contributed by atoms with van der Waals surface area (Å²) in [4.78, 5) is 22.9. The summed E-state index contributed by atoms with van der Waals surface area (Å²) in [5.41, 5.74) is 0.769. The molecule has 0 radical (unpaired) electrons. The Balaban J connectivity index is 1.42. The predicted octanol–water partition coefficient (Wildman–Crippen LogP) is 3.30. The Morgan fingerprint density at radius 2 is 2.12 bits per heavy atom. The molecule has 2 aliphatic rings. The third-order valence-corrected chi connectivity index (χ3v) is 7.38. The number of amides is 1. The van der Waals surface area contributed by atoms with Crippen LogP contribution in [0.4, 0.5) is 0 Å². The molecule has 1 spiro atoms. The van der Waals surface area contributed by atoms with Crippen molar-refractivity contribution >= 4 is 28.6 Å². The first-order chi connectivity index (χ1) is 12.6. The quantitative estimate of drug-likeness (QED) is 0.802. The van der Waals surface area contributed by atoms with Gasteiger partial charge in [-0.1, -0.05) is 6.07 Å². The summed E-state index contributed by atoms with van der Waals surface area (Å²) in [7, 11) is 0. The van der Waals surface area contributed by atoms with Crippen LogP contribution in [0.3, 0.4) is 0 Å². The molecular formula is C19H25N3O2S2. The number of carbonyl (C=O) groups is 1. The van der Waals surface area contributed by atoms with E-state index in [2.05, 4.69) is 39.7 Å². The highest BCUT2D eigenvalue weighted by atomic mass is 32.1. The van der Waals surface area contributed by atoms with Crippen LogP contribution < -0.4 is 0 Å². The molecular weight excluding hydrogens is 366 g/mol. The van der Waals surface area contributed by atoms with Crippen LogP contribution in [0.5, 0.6) is 0 Å². The summed E-state index contributed by atoms with van der Waals surface area (Å²) in [6.45, 7) is 7.98. The zero-order valence-electron chi connectivity index (χ0n) is 15.3.